The van der Waals surface area contributed by atoms with E-state index in [1.807, 2.05) is 6.07 Å². The molecular weight excluding hydrogens is 241 g/mol. The zero-order valence-electron chi connectivity index (χ0n) is 12.1. The molecule has 1 saturated heterocycles. The van der Waals surface area contributed by atoms with E-state index in [2.05, 4.69) is 18.7 Å². The Labute approximate surface area is 115 Å². The van der Waals surface area contributed by atoms with Gasteiger partial charge in [-0.15, -0.1) is 0 Å². The van der Waals surface area contributed by atoms with Gasteiger partial charge in [0.1, 0.15) is 5.82 Å². The molecule has 1 aliphatic heterocycles. The van der Waals surface area contributed by atoms with E-state index < -0.39 is 6.10 Å². The van der Waals surface area contributed by atoms with Crippen molar-refractivity contribution in [2.45, 2.75) is 46.1 Å². The maximum Gasteiger partial charge on any atom is 0.146 e. The van der Waals surface area contributed by atoms with Crippen LogP contribution in [0, 0.1) is 11.2 Å². The molecule has 1 aromatic rings. The van der Waals surface area contributed by atoms with E-state index in [1.165, 1.54) is 6.07 Å². The first-order valence-corrected chi connectivity index (χ1v) is 7.24. The third-order valence-electron chi connectivity index (χ3n) is 4.73. The summed E-state index contributed by atoms with van der Waals surface area (Å²) in [5.41, 5.74) is 1.65. The molecule has 0 aliphatic carbocycles. The van der Waals surface area contributed by atoms with Gasteiger partial charge in [0.05, 0.1) is 11.8 Å². The van der Waals surface area contributed by atoms with E-state index in [0.717, 1.165) is 32.4 Å². The summed E-state index contributed by atoms with van der Waals surface area (Å²) < 4.78 is 14.2. The van der Waals surface area contributed by atoms with Crippen molar-refractivity contribution in [1.29, 1.82) is 0 Å². The summed E-state index contributed by atoms with van der Waals surface area (Å²) in [6, 6.07) is 5.08. The smallest absolute Gasteiger partial charge is 0.146 e. The van der Waals surface area contributed by atoms with Crippen molar-refractivity contribution in [2.24, 2.45) is 5.41 Å². The van der Waals surface area contributed by atoms with E-state index in [1.54, 1.807) is 13.0 Å². The molecule has 2 nitrogen and oxygen atoms in total. The van der Waals surface area contributed by atoms with Gasteiger partial charge in [-0.2, -0.15) is 0 Å². The lowest BCUT2D eigenvalue weighted by Crippen LogP contribution is -2.26. The Bertz CT molecular complexity index is 440. The van der Waals surface area contributed by atoms with Gasteiger partial charge >= 0.3 is 0 Å². The number of hydrogen-bond acceptors (Lipinski definition) is 2. The Morgan fingerprint density at radius 2 is 2.05 bits per heavy atom. The lowest BCUT2D eigenvalue weighted by Gasteiger charge is -2.27. The highest BCUT2D eigenvalue weighted by Crippen LogP contribution is 2.39. The van der Waals surface area contributed by atoms with Crippen molar-refractivity contribution in [2.75, 3.05) is 18.0 Å². The molecular formula is C16H24FNO. The van der Waals surface area contributed by atoms with Crippen LogP contribution in [-0.4, -0.2) is 18.2 Å². The molecule has 0 radical (unpaired) electrons. The maximum atomic E-state index is 14.2. The highest BCUT2D eigenvalue weighted by atomic mass is 19.1. The predicted octanol–water partition coefficient (Wildman–Crippen LogP) is 3.90. The molecule has 0 spiro atoms. The second-order valence-corrected chi connectivity index (χ2v) is 5.77. The van der Waals surface area contributed by atoms with Crippen molar-refractivity contribution in [3.8, 4) is 0 Å². The van der Waals surface area contributed by atoms with E-state index in [9.17, 15) is 9.50 Å². The first-order chi connectivity index (χ1) is 9.01. The van der Waals surface area contributed by atoms with Gasteiger partial charge in [0.25, 0.3) is 0 Å². The normalized spacial score (nSPS) is 19.7. The largest absolute Gasteiger partial charge is 0.389 e. The van der Waals surface area contributed by atoms with E-state index in [-0.39, 0.29) is 5.82 Å². The summed E-state index contributed by atoms with van der Waals surface area (Å²) in [6.07, 6.45) is 2.81. The standard InChI is InChI=1S/C16H24FNO/c1-4-16(5-2)8-9-18(11-16)15-7-6-13(12(3)19)10-14(15)17/h6-7,10,12,19H,4-5,8-9,11H2,1-3H3/t12-/m0/s1. The number of hydrogen-bond donors (Lipinski definition) is 1. The van der Waals surface area contributed by atoms with Gasteiger partial charge in [-0.05, 0) is 49.3 Å². The quantitative estimate of drug-likeness (QED) is 0.892. The Morgan fingerprint density at radius 3 is 2.53 bits per heavy atom. The van der Waals surface area contributed by atoms with Gasteiger partial charge in [-0.1, -0.05) is 19.9 Å². The molecule has 1 aromatic carbocycles. The average Bonchev–Trinajstić information content (AvgIpc) is 2.83. The molecule has 2 rings (SSSR count). The Kier molecular flexibility index (Phi) is 4.14. The molecule has 1 aliphatic rings. The molecule has 19 heavy (non-hydrogen) atoms. The number of halogens is 1. The topological polar surface area (TPSA) is 23.5 Å². The van der Waals surface area contributed by atoms with Crippen LogP contribution in [0.2, 0.25) is 0 Å². The highest BCUT2D eigenvalue weighted by Gasteiger charge is 2.35. The summed E-state index contributed by atoms with van der Waals surface area (Å²) in [4.78, 5) is 2.15. The highest BCUT2D eigenvalue weighted by molar-refractivity contribution is 5.50. The van der Waals surface area contributed by atoms with Crippen LogP contribution in [-0.2, 0) is 0 Å². The van der Waals surface area contributed by atoms with Gasteiger partial charge in [-0.25, -0.2) is 4.39 Å². The monoisotopic (exact) mass is 265 g/mol. The molecule has 1 N–H and O–H groups in total. The van der Waals surface area contributed by atoms with Crippen molar-refractivity contribution in [3.63, 3.8) is 0 Å². The molecule has 0 saturated carbocycles. The van der Waals surface area contributed by atoms with Crippen LogP contribution in [0.25, 0.3) is 0 Å². The zero-order chi connectivity index (χ0) is 14.0. The predicted molar refractivity (Wildman–Crippen MR) is 76.9 cm³/mol. The Balaban J connectivity index is 2.20. The van der Waals surface area contributed by atoms with Gasteiger partial charge in [-0.3, -0.25) is 0 Å². The molecule has 0 unspecified atom stereocenters. The summed E-state index contributed by atoms with van der Waals surface area (Å²) >= 11 is 0. The van der Waals surface area contributed by atoms with Gasteiger partial charge in [0.15, 0.2) is 0 Å². The lowest BCUT2D eigenvalue weighted by molar-refractivity contribution is 0.199. The number of nitrogens with zero attached hydrogens (tertiary/aromatic N) is 1. The van der Waals surface area contributed by atoms with Crippen LogP contribution in [0.15, 0.2) is 18.2 Å². The van der Waals surface area contributed by atoms with Crippen LogP contribution < -0.4 is 4.90 Å². The third-order valence-corrected chi connectivity index (χ3v) is 4.73. The summed E-state index contributed by atoms with van der Waals surface area (Å²) in [5, 5.41) is 9.48. The van der Waals surface area contributed by atoms with Crippen LogP contribution in [0.4, 0.5) is 10.1 Å². The second-order valence-electron chi connectivity index (χ2n) is 5.77. The van der Waals surface area contributed by atoms with Crippen LogP contribution >= 0.6 is 0 Å². The fourth-order valence-corrected chi connectivity index (χ4v) is 3.01. The number of benzene rings is 1. The summed E-state index contributed by atoms with van der Waals surface area (Å²) in [5.74, 6) is -0.221. The fraction of sp³-hybridized carbons (Fsp3) is 0.625. The number of anilines is 1. The number of rotatable bonds is 4. The Hall–Kier alpha value is -1.09. The summed E-state index contributed by atoms with van der Waals surface area (Å²) in [6.45, 7) is 7.96. The molecule has 0 aromatic heterocycles. The minimum Gasteiger partial charge on any atom is -0.389 e. The van der Waals surface area contributed by atoms with E-state index >= 15 is 0 Å². The second kappa shape index (κ2) is 5.49. The van der Waals surface area contributed by atoms with Crippen molar-refractivity contribution < 1.29 is 9.50 Å². The molecule has 3 heteroatoms. The molecule has 0 bridgehead atoms. The molecule has 1 heterocycles. The van der Waals surface area contributed by atoms with Gasteiger partial charge < -0.3 is 10.0 Å². The average molecular weight is 265 g/mol. The number of aliphatic hydroxyl groups is 1. The zero-order valence-corrected chi connectivity index (χ0v) is 12.1. The molecule has 1 fully saturated rings. The first kappa shape index (κ1) is 14.3. The van der Waals surface area contributed by atoms with Crippen LogP contribution in [0.1, 0.15) is 51.7 Å². The van der Waals surface area contributed by atoms with E-state index in [0.29, 0.717) is 16.7 Å². The molecule has 106 valence electrons. The van der Waals surface area contributed by atoms with Gasteiger partial charge in [0.2, 0.25) is 0 Å². The van der Waals surface area contributed by atoms with E-state index in [4.69, 9.17) is 0 Å². The van der Waals surface area contributed by atoms with Crippen molar-refractivity contribution in [3.05, 3.63) is 29.6 Å². The van der Waals surface area contributed by atoms with Crippen LogP contribution in [0.5, 0.6) is 0 Å². The lowest BCUT2D eigenvalue weighted by atomic mass is 9.82. The summed E-state index contributed by atoms with van der Waals surface area (Å²) in [7, 11) is 0. The molecule has 1 atom stereocenters. The Morgan fingerprint density at radius 1 is 1.37 bits per heavy atom. The van der Waals surface area contributed by atoms with Crippen LogP contribution in [0.3, 0.4) is 0 Å². The van der Waals surface area contributed by atoms with Crippen molar-refractivity contribution in [1.82, 2.24) is 0 Å². The first-order valence-electron chi connectivity index (χ1n) is 7.24. The fourth-order valence-electron chi connectivity index (χ4n) is 3.01. The minimum atomic E-state index is -0.618. The maximum absolute atomic E-state index is 14.2. The third kappa shape index (κ3) is 2.76. The van der Waals surface area contributed by atoms with Gasteiger partial charge in [0, 0.05) is 13.1 Å². The SMILES string of the molecule is CCC1(CC)CCN(c2ccc([C@H](C)O)cc2F)C1. The number of aliphatic hydroxyl groups excluding tert-OH is 1. The molecule has 0 amide bonds. The minimum absolute atomic E-state index is 0.221. The van der Waals surface area contributed by atoms with Crippen molar-refractivity contribution >= 4 is 5.69 Å².